The number of carbonyl (C=O) groups is 1. The lowest BCUT2D eigenvalue weighted by Gasteiger charge is -2.09. The van der Waals surface area contributed by atoms with Gasteiger partial charge in [0.15, 0.2) is 23.3 Å². The van der Waals surface area contributed by atoms with Crippen LogP contribution in [-0.2, 0) is 16.1 Å². The Morgan fingerprint density at radius 2 is 1.88 bits per heavy atom. The van der Waals surface area contributed by atoms with Crippen LogP contribution in [0.3, 0.4) is 0 Å². The fourth-order valence-corrected chi connectivity index (χ4v) is 2.64. The topological polar surface area (TPSA) is 89.6 Å². The number of nitrogens with zero attached hydrogens (tertiary/aromatic N) is 4. The molecule has 0 amide bonds. The Morgan fingerprint density at radius 1 is 1.16 bits per heavy atom. The third kappa shape index (κ3) is 4.99. The van der Waals surface area contributed by atoms with E-state index in [1.165, 1.54) is 13.3 Å². The van der Waals surface area contributed by atoms with Gasteiger partial charge in [0.05, 0.1) is 24.4 Å². The second-order valence-corrected chi connectivity index (χ2v) is 6.35. The van der Waals surface area contributed by atoms with Gasteiger partial charge >= 0.3 is 5.97 Å². The summed E-state index contributed by atoms with van der Waals surface area (Å²) in [6, 6.07) is 6.88. The lowest BCUT2D eigenvalue weighted by atomic mass is 10.1. The van der Waals surface area contributed by atoms with Crippen LogP contribution < -0.4 is 0 Å². The summed E-state index contributed by atoms with van der Waals surface area (Å²) in [5.41, 5.74) is -0.515. The minimum absolute atomic E-state index is 0.102. The summed E-state index contributed by atoms with van der Waals surface area (Å²) in [5, 5.41) is 14.3. The summed E-state index contributed by atoms with van der Waals surface area (Å²) in [7, 11) is 0. The number of hydrogen-bond acceptors (Lipinski definition) is 6. The maximum absolute atomic E-state index is 14.1. The molecule has 32 heavy (non-hydrogen) atoms. The molecule has 0 bridgehead atoms. The maximum Gasteiger partial charge on any atom is 0.343 e. The normalized spacial score (nSPS) is 12.2. The molecule has 1 aromatic heterocycles. The molecule has 1 heterocycles. The predicted octanol–water partition coefficient (Wildman–Crippen LogP) is 4.12. The summed E-state index contributed by atoms with van der Waals surface area (Å²) >= 11 is 0. The van der Waals surface area contributed by atoms with Crippen molar-refractivity contribution in [3.63, 3.8) is 0 Å². The van der Waals surface area contributed by atoms with Gasteiger partial charge in [0.1, 0.15) is 24.0 Å². The van der Waals surface area contributed by atoms with Gasteiger partial charge in [-0.3, -0.25) is 4.99 Å². The van der Waals surface area contributed by atoms with Gasteiger partial charge in [0.2, 0.25) is 0 Å². The summed E-state index contributed by atoms with van der Waals surface area (Å²) in [6.45, 7) is 1.84. The molecule has 2 aromatic carbocycles. The monoisotopic (exact) mass is 448 g/mol. The minimum Gasteiger partial charge on any atom is -0.506 e. The molecule has 3 rings (SSSR count). The number of hydrogen-bond donors (Lipinski definition) is 1. The van der Waals surface area contributed by atoms with Crippen LogP contribution in [0.4, 0.5) is 23.2 Å². The number of benzene rings is 2. The van der Waals surface area contributed by atoms with Gasteiger partial charge in [0, 0.05) is 6.21 Å². The molecule has 11 heteroatoms. The fourth-order valence-electron chi connectivity index (χ4n) is 2.64. The van der Waals surface area contributed by atoms with Crippen molar-refractivity contribution in [3.05, 3.63) is 83.0 Å². The number of aliphatic hydroxyl groups is 1. The van der Waals surface area contributed by atoms with Crippen molar-refractivity contribution in [1.29, 1.82) is 0 Å². The summed E-state index contributed by atoms with van der Waals surface area (Å²) in [5.74, 6) is -10.1. The van der Waals surface area contributed by atoms with E-state index < -0.39 is 46.1 Å². The predicted molar refractivity (Wildman–Crippen MR) is 106 cm³/mol. The van der Waals surface area contributed by atoms with Crippen molar-refractivity contribution >= 4 is 23.6 Å². The van der Waals surface area contributed by atoms with Crippen molar-refractivity contribution in [2.45, 2.75) is 13.5 Å². The van der Waals surface area contributed by atoms with Crippen LogP contribution in [0.15, 0.2) is 53.6 Å². The molecule has 3 aromatic rings. The van der Waals surface area contributed by atoms with Crippen LogP contribution in [0.2, 0.25) is 0 Å². The van der Waals surface area contributed by atoms with Gasteiger partial charge in [-0.1, -0.05) is 12.1 Å². The highest BCUT2D eigenvalue weighted by atomic mass is 19.2. The van der Waals surface area contributed by atoms with E-state index in [0.717, 1.165) is 11.8 Å². The molecule has 0 saturated heterocycles. The molecule has 7 nitrogen and oxygen atoms in total. The van der Waals surface area contributed by atoms with E-state index in [1.54, 1.807) is 35.3 Å². The molecule has 0 spiro atoms. The van der Waals surface area contributed by atoms with Crippen LogP contribution in [0.5, 0.6) is 0 Å². The van der Waals surface area contributed by atoms with E-state index in [0.29, 0.717) is 12.2 Å². The van der Waals surface area contributed by atoms with Crippen LogP contribution in [0.25, 0.3) is 5.76 Å². The Hall–Kier alpha value is -4.02. The third-order valence-electron chi connectivity index (χ3n) is 4.20. The molecule has 1 N–H and O–H groups in total. The average molecular weight is 448 g/mol. The molecular formula is C21H16F4N4O3. The number of rotatable bonds is 7. The highest BCUT2D eigenvalue weighted by molar-refractivity contribution is 6.15. The first kappa shape index (κ1) is 22.7. The van der Waals surface area contributed by atoms with E-state index in [9.17, 15) is 27.5 Å². The van der Waals surface area contributed by atoms with Gasteiger partial charge in [-0.15, -0.1) is 0 Å². The number of aromatic nitrogens is 3. The molecule has 0 aliphatic carbocycles. The summed E-state index contributed by atoms with van der Waals surface area (Å²) in [6.07, 6.45) is 3.81. The molecule has 0 unspecified atom stereocenters. The molecule has 0 radical (unpaired) electrons. The first-order valence-electron chi connectivity index (χ1n) is 9.21. The Balaban J connectivity index is 1.94. The fraction of sp³-hybridized carbons (Fsp3) is 0.143. The average Bonchev–Trinajstić information content (AvgIpc) is 3.29. The first-order valence-corrected chi connectivity index (χ1v) is 9.21. The van der Waals surface area contributed by atoms with Crippen molar-refractivity contribution in [1.82, 2.24) is 14.8 Å². The molecule has 0 fully saturated rings. The highest BCUT2D eigenvalue weighted by Gasteiger charge is 2.25. The lowest BCUT2D eigenvalue weighted by Crippen LogP contribution is -2.12. The van der Waals surface area contributed by atoms with Crippen molar-refractivity contribution in [2.24, 2.45) is 4.99 Å². The molecule has 0 saturated carbocycles. The van der Waals surface area contributed by atoms with Crippen LogP contribution in [0.1, 0.15) is 18.1 Å². The van der Waals surface area contributed by atoms with Crippen molar-refractivity contribution in [3.8, 4) is 0 Å². The Kier molecular flexibility index (Phi) is 6.98. The molecule has 0 aliphatic heterocycles. The Labute approximate surface area is 179 Å². The van der Waals surface area contributed by atoms with Gasteiger partial charge in [-0.25, -0.2) is 32.0 Å². The quantitative estimate of drug-likeness (QED) is 0.112. The minimum atomic E-state index is -2.13. The number of halogens is 4. The van der Waals surface area contributed by atoms with Crippen LogP contribution >= 0.6 is 0 Å². The standard InChI is InChI=1S/C21H16F4N4O3/c1-2-32-21(31)15(20(30)14-7-16(22)18(24)19(25)17(14)23)8-27-13-5-3-12(4-6-13)9-29-11-26-10-28-29/h3-8,10-11,30H,2,9H2,1H3. The van der Waals surface area contributed by atoms with Crippen molar-refractivity contribution in [2.75, 3.05) is 6.61 Å². The van der Waals surface area contributed by atoms with E-state index >= 15 is 0 Å². The molecule has 166 valence electrons. The Morgan fingerprint density at radius 3 is 2.50 bits per heavy atom. The number of esters is 1. The van der Waals surface area contributed by atoms with E-state index in [1.807, 2.05) is 0 Å². The molecule has 0 aliphatic rings. The van der Waals surface area contributed by atoms with E-state index in [4.69, 9.17) is 4.74 Å². The second-order valence-electron chi connectivity index (χ2n) is 6.35. The van der Waals surface area contributed by atoms with E-state index in [-0.39, 0.29) is 12.7 Å². The number of carbonyl (C=O) groups excluding carboxylic acids is 1. The summed E-state index contributed by atoms with van der Waals surface area (Å²) < 4.78 is 60.8. The number of aliphatic imine (C=N–C) groups is 1. The smallest absolute Gasteiger partial charge is 0.343 e. The first-order chi connectivity index (χ1) is 15.3. The zero-order valence-electron chi connectivity index (χ0n) is 16.6. The summed E-state index contributed by atoms with van der Waals surface area (Å²) in [4.78, 5) is 20.1. The SMILES string of the molecule is CCOC(=O)C(C=Nc1ccc(Cn2cncn2)cc1)=C(O)c1cc(F)c(F)c(F)c1F. The highest BCUT2D eigenvalue weighted by Crippen LogP contribution is 2.26. The lowest BCUT2D eigenvalue weighted by molar-refractivity contribution is -0.137. The van der Waals surface area contributed by atoms with Crippen molar-refractivity contribution < 1.29 is 32.2 Å². The Bertz CT molecular complexity index is 1180. The second kappa shape index (κ2) is 9.86. The van der Waals surface area contributed by atoms with Crippen LogP contribution in [-0.4, -0.2) is 38.7 Å². The third-order valence-corrected chi connectivity index (χ3v) is 4.20. The molecular weight excluding hydrogens is 432 g/mol. The van der Waals surface area contributed by atoms with Gasteiger partial charge < -0.3 is 9.84 Å². The van der Waals surface area contributed by atoms with E-state index in [2.05, 4.69) is 15.1 Å². The maximum atomic E-state index is 14.1. The van der Waals surface area contributed by atoms with Crippen LogP contribution in [0, 0.1) is 23.3 Å². The number of ether oxygens (including phenoxy) is 1. The zero-order valence-corrected chi connectivity index (χ0v) is 16.6. The number of aliphatic hydroxyl groups excluding tert-OH is 1. The van der Waals surface area contributed by atoms with Gasteiger partial charge in [-0.2, -0.15) is 5.10 Å². The largest absolute Gasteiger partial charge is 0.506 e. The van der Waals surface area contributed by atoms with Gasteiger partial charge in [-0.05, 0) is 30.7 Å². The van der Waals surface area contributed by atoms with Gasteiger partial charge in [0.25, 0.3) is 0 Å². The zero-order chi connectivity index (χ0) is 23.3. The molecule has 0 atom stereocenters.